The van der Waals surface area contributed by atoms with Crippen LogP contribution in [0.4, 0.5) is 34.1 Å². The van der Waals surface area contributed by atoms with Crippen LogP contribution in [0.1, 0.15) is 21.7 Å². The first-order valence-corrected chi connectivity index (χ1v) is 10.4. The molecule has 0 bridgehead atoms. The number of hydrogen-bond donors (Lipinski definition) is 3. The fourth-order valence-electron chi connectivity index (χ4n) is 2.99. The summed E-state index contributed by atoms with van der Waals surface area (Å²) in [6.07, 6.45) is -3.47. The van der Waals surface area contributed by atoms with Gasteiger partial charge in [0.25, 0.3) is 5.91 Å². The number of pyridine rings is 1. The van der Waals surface area contributed by atoms with Crippen LogP contribution in [0.25, 0.3) is 0 Å². The van der Waals surface area contributed by atoms with Crippen LogP contribution in [0.5, 0.6) is 5.88 Å². The molecule has 0 spiro atoms. The number of nitrogens with zero attached hydrogens (tertiary/aromatic N) is 4. The van der Waals surface area contributed by atoms with Crippen LogP contribution in [0, 0.1) is 6.92 Å². The second-order valence-corrected chi connectivity index (χ2v) is 7.82. The number of amides is 1. The van der Waals surface area contributed by atoms with Crippen LogP contribution < -0.4 is 20.7 Å². The fourth-order valence-corrected chi connectivity index (χ4v) is 3.79. The van der Waals surface area contributed by atoms with E-state index in [-0.39, 0.29) is 28.8 Å². The Morgan fingerprint density at radius 2 is 2.00 bits per heavy atom. The first kappa shape index (κ1) is 22.8. The summed E-state index contributed by atoms with van der Waals surface area (Å²) < 4.78 is 61.2. The number of ether oxygens (including phenoxy) is 1. The molecule has 0 aromatic carbocycles. The third kappa shape index (κ3) is 5.34. The van der Waals surface area contributed by atoms with Gasteiger partial charge in [-0.25, -0.2) is 19.3 Å². The Morgan fingerprint density at radius 3 is 2.61 bits per heavy atom. The van der Waals surface area contributed by atoms with E-state index in [0.29, 0.717) is 24.1 Å². The lowest BCUT2D eigenvalue weighted by molar-refractivity contribution is -0.141. The van der Waals surface area contributed by atoms with Crippen molar-refractivity contribution in [1.82, 2.24) is 24.6 Å². The van der Waals surface area contributed by atoms with E-state index in [2.05, 4.69) is 35.3 Å². The second kappa shape index (κ2) is 9.23. The number of alkyl halides is 4. The van der Waals surface area contributed by atoms with Crippen molar-refractivity contribution in [2.75, 3.05) is 23.7 Å². The molecule has 3 N–H and O–H groups in total. The monoisotopic (exact) mass is 483 g/mol. The van der Waals surface area contributed by atoms with Gasteiger partial charge >= 0.3 is 6.18 Å². The Balaban J connectivity index is 1.43. The van der Waals surface area contributed by atoms with Crippen molar-refractivity contribution in [3.63, 3.8) is 0 Å². The normalized spacial score (nSPS) is 18.2. The third-order valence-corrected chi connectivity index (χ3v) is 5.48. The van der Waals surface area contributed by atoms with Crippen molar-refractivity contribution in [2.24, 2.45) is 0 Å². The number of anilines is 3. The predicted octanol–water partition coefficient (Wildman–Crippen LogP) is 3.34. The minimum absolute atomic E-state index is 0.0245. The van der Waals surface area contributed by atoms with E-state index >= 15 is 0 Å². The summed E-state index contributed by atoms with van der Waals surface area (Å²) in [5, 5.41) is 8.60. The van der Waals surface area contributed by atoms with Crippen molar-refractivity contribution >= 4 is 33.9 Å². The Labute approximate surface area is 188 Å². The molecule has 1 amide bonds. The smallest absolute Gasteiger partial charge is 0.434 e. The Hall–Kier alpha value is -3.39. The maximum absolute atomic E-state index is 13.6. The molecule has 1 aliphatic rings. The summed E-state index contributed by atoms with van der Waals surface area (Å²) in [7, 11) is 0. The van der Waals surface area contributed by atoms with Gasteiger partial charge in [0.1, 0.15) is 16.9 Å². The number of rotatable bonds is 6. The van der Waals surface area contributed by atoms with Gasteiger partial charge in [-0.1, -0.05) is 0 Å². The first-order valence-electron chi connectivity index (χ1n) is 9.62. The molecular weight excluding hydrogens is 466 g/mol. The van der Waals surface area contributed by atoms with Crippen LogP contribution in [-0.2, 0) is 6.18 Å². The number of halogens is 4. The highest BCUT2D eigenvalue weighted by Crippen LogP contribution is 2.30. The van der Waals surface area contributed by atoms with Crippen LogP contribution in [0.3, 0.4) is 0 Å². The lowest BCUT2D eigenvalue weighted by Gasteiger charge is -2.14. The lowest BCUT2D eigenvalue weighted by Crippen LogP contribution is -2.27. The molecule has 0 radical (unpaired) electrons. The van der Waals surface area contributed by atoms with E-state index < -0.39 is 30.1 Å². The molecule has 0 aliphatic carbocycles. The van der Waals surface area contributed by atoms with Crippen LogP contribution >= 0.6 is 11.5 Å². The van der Waals surface area contributed by atoms with Gasteiger partial charge < -0.3 is 20.7 Å². The molecular formula is C19H17F4N7O2S. The summed E-state index contributed by atoms with van der Waals surface area (Å²) in [5.41, 5.74) is -0.160. The van der Waals surface area contributed by atoms with Crippen molar-refractivity contribution in [3.05, 3.63) is 47.7 Å². The van der Waals surface area contributed by atoms with E-state index in [1.807, 2.05) is 0 Å². The highest BCUT2D eigenvalue weighted by atomic mass is 32.1. The molecule has 1 aliphatic heterocycles. The van der Waals surface area contributed by atoms with Crippen LogP contribution in [0.15, 0.2) is 30.7 Å². The van der Waals surface area contributed by atoms with Crippen molar-refractivity contribution in [3.8, 4) is 5.88 Å². The van der Waals surface area contributed by atoms with Crippen molar-refractivity contribution in [2.45, 2.75) is 25.4 Å². The standard InChI is InChI=1S/C19H17F4N7O2S/c1-9-16(18(33-30-9)29-14-8-25-13(7-26-14)19(21,22)23)17(31)28-10-2-3-15(27-4-10)32-12-6-24-5-11(12)20/h2-4,7-8,11-12,24H,5-6H2,1H3,(H,26,29)(H,28,31)/t11-,12-/m1/s1. The SMILES string of the molecule is Cc1nsc(Nc2cnc(C(F)(F)F)cn2)c1C(=O)Nc1ccc(O[C@@H]2CNC[C@H]2F)nc1. The maximum Gasteiger partial charge on any atom is 0.434 e. The third-order valence-electron chi connectivity index (χ3n) is 4.63. The van der Waals surface area contributed by atoms with E-state index in [1.165, 1.54) is 12.3 Å². The number of aromatic nitrogens is 4. The quantitative estimate of drug-likeness (QED) is 0.458. The highest BCUT2D eigenvalue weighted by Gasteiger charge is 2.33. The Kier molecular flexibility index (Phi) is 6.37. The fraction of sp³-hybridized carbons (Fsp3) is 0.316. The lowest BCUT2D eigenvalue weighted by atomic mass is 10.2. The highest BCUT2D eigenvalue weighted by molar-refractivity contribution is 7.10. The predicted molar refractivity (Wildman–Crippen MR) is 112 cm³/mol. The van der Waals surface area contributed by atoms with Gasteiger partial charge in [-0.15, -0.1) is 0 Å². The number of aryl methyl sites for hydroxylation is 1. The van der Waals surface area contributed by atoms with Crippen molar-refractivity contribution < 1.29 is 27.1 Å². The van der Waals surface area contributed by atoms with Gasteiger partial charge in [0.15, 0.2) is 11.9 Å². The van der Waals surface area contributed by atoms with Gasteiger partial charge in [-0.3, -0.25) is 4.79 Å². The molecule has 14 heteroatoms. The molecule has 3 aromatic rings. The average Bonchev–Trinajstić information content (AvgIpc) is 3.34. The molecule has 33 heavy (non-hydrogen) atoms. The van der Waals surface area contributed by atoms with Gasteiger partial charge in [0, 0.05) is 19.2 Å². The number of carbonyl (C=O) groups excluding carboxylic acids is 1. The molecule has 4 rings (SSSR count). The molecule has 4 heterocycles. The maximum atomic E-state index is 13.6. The minimum Gasteiger partial charge on any atom is -0.470 e. The summed E-state index contributed by atoms with van der Waals surface area (Å²) in [6.45, 7) is 2.22. The van der Waals surface area contributed by atoms with E-state index in [0.717, 1.165) is 17.7 Å². The minimum atomic E-state index is -4.60. The van der Waals surface area contributed by atoms with Crippen LogP contribution in [-0.4, -0.2) is 50.6 Å². The molecule has 3 aromatic heterocycles. The van der Waals surface area contributed by atoms with Gasteiger partial charge in [-0.2, -0.15) is 17.5 Å². The molecule has 9 nitrogen and oxygen atoms in total. The topological polar surface area (TPSA) is 114 Å². The van der Waals surface area contributed by atoms with Gasteiger partial charge in [0.2, 0.25) is 5.88 Å². The van der Waals surface area contributed by atoms with Gasteiger partial charge in [-0.05, 0) is 24.5 Å². The number of carbonyl (C=O) groups is 1. The molecule has 1 fully saturated rings. The van der Waals surface area contributed by atoms with E-state index in [9.17, 15) is 22.4 Å². The second-order valence-electron chi connectivity index (χ2n) is 7.05. The zero-order valence-corrected chi connectivity index (χ0v) is 17.8. The largest absolute Gasteiger partial charge is 0.470 e. The zero-order chi connectivity index (χ0) is 23.6. The van der Waals surface area contributed by atoms with Crippen molar-refractivity contribution in [1.29, 1.82) is 0 Å². The van der Waals surface area contributed by atoms with Crippen LogP contribution in [0.2, 0.25) is 0 Å². The summed E-state index contributed by atoms with van der Waals surface area (Å²) in [4.78, 5) is 23.9. The average molecular weight is 483 g/mol. The summed E-state index contributed by atoms with van der Waals surface area (Å²) in [6, 6.07) is 3.07. The molecule has 174 valence electrons. The zero-order valence-electron chi connectivity index (χ0n) is 17.0. The molecule has 0 saturated carbocycles. The summed E-state index contributed by atoms with van der Waals surface area (Å²) >= 11 is 0.951. The Bertz CT molecular complexity index is 1120. The number of nitrogens with one attached hydrogen (secondary N) is 3. The summed E-state index contributed by atoms with van der Waals surface area (Å²) in [5.74, 6) is -0.264. The molecule has 0 unspecified atom stereocenters. The Morgan fingerprint density at radius 1 is 1.18 bits per heavy atom. The van der Waals surface area contributed by atoms with E-state index in [4.69, 9.17) is 4.74 Å². The van der Waals surface area contributed by atoms with E-state index in [1.54, 1.807) is 13.0 Å². The first-order chi connectivity index (χ1) is 15.7. The molecule has 1 saturated heterocycles. The number of hydrogen-bond acceptors (Lipinski definition) is 9. The van der Waals surface area contributed by atoms with Gasteiger partial charge in [0.05, 0.1) is 35.5 Å². The molecule has 2 atom stereocenters.